The highest BCUT2D eigenvalue weighted by Gasteiger charge is 2.20. The first-order valence-electron chi connectivity index (χ1n) is 9.13. The lowest BCUT2D eigenvalue weighted by atomic mass is 10.1. The molecule has 1 heterocycles. The summed E-state index contributed by atoms with van der Waals surface area (Å²) in [5.41, 5.74) is 0. The maximum Gasteiger partial charge on any atom is 0.0116 e. The van der Waals surface area contributed by atoms with Crippen LogP contribution < -0.4 is 0 Å². The summed E-state index contributed by atoms with van der Waals surface area (Å²) < 4.78 is 0.415. The second-order valence-corrected chi connectivity index (χ2v) is 10.7. The molecule has 0 spiro atoms. The van der Waals surface area contributed by atoms with Crippen molar-refractivity contribution in [2.45, 2.75) is 63.9 Å². The van der Waals surface area contributed by atoms with Crippen LogP contribution in [0.1, 0.15) is 53.9 Å². The van der Waals surface area contributed by atoms with E-state index in [4.69, 9.17) is 0 Å². The van der Waals surface area contributed by atoms with E-state index in [2.05, 4.69) is 67.9 Å². The van der Waals surface area contributed by atoms with E-state index in [1.807, 2.05) is 0 Å². The summed E-state index contributed by atoms with van der Waals surface area (Å²) >= 11 is 4.26. The molecule has 0 aliphatic carbocycles. The first-order valence-corrected chi connectivity index (χ1v) is 11.2. The fraction of sp³-hybridized carbons (Fsp3) is 1.00. The molecule has 4 heteroatoms. The highest BCUT2D eigenvalue weighted by molar-refractivity contribution is 8.00. The Morgan fingerprint density at radius 3 is 2.36 bits per heavy atom. The Bertz CT molecular complexity index is 276. The van der Waals surface area contributed by atoms with Crippen molar-refractivity contribution in [2.24, 2.45) is 0 Å². The molecule has 0 unspecified atom stereocenters. The molecule has 0 aromatic carbocycles. The molecule has 0 amide bonds. The number of thioether (sulfide) groups is 2. The van der Waals surface area contributed by atoms with Gasteiger partial charge in [-0.1, -0.05) is 34.6 Å². The minimum absolute atomic E-state index is 0.415. The van der Waals surface area contributed by atoms with Crippen molar-refractivity contribution >= 4 is 23.5 Å². The normalized spacial score (nSPS) is 17.0. The van der Waals surface area contributed by atoms with Crippen LogP contribution in [0.25, 0.3) is 0 Å². The van der Waals surface area contributed by atoms with Crippen LogP contribution >= 0.6 is 23.5 Å². The van der Waals surface area contributed by atoms with Gasteiger partial charge in [-0.15, -0.1) is 0 Å². The van der Waals surface area contributed by atoms with Crippen molar-refractivity contribution in [1.82, 2.24) is 9.80 Å². The van der Waals surface area contributed by atoms with Crippen LogP contribution in [-0.4, -0.2) is 70.6 Å². The number of likely N-dealkylation sites (tertiary alicyclic amines) is 1. The van der Waals surface area contributed by atoms with E-state index in [0.717, 1.165) is 5.25 Å². The van der Waals surface area contributed by atoms with Crippen LogP contribution in [0, 0.1) is 0 Å². The van der Waals surface area contributed by atoms with Crippen molar-refractivity contribution in [3.63, 3.8) is 0 Å². The average molecular weight is 347 g/mol. The minimum atomic E-state index is 0.415. The summed E-state index contributed by atoms with van der Waals surface area (Å²) in [5, 5.41) is 0.760. The van der Waals surface area contributed by atoms with E-state index in [0.29, 0.717) is 4.75 Å². The quantitative estimate of drug-likeness (QED) is 0.515. The monoisotopic (exact) mass is 346 g/mol. The van der Waals surface area contributed by atoms with Gasteiger partial charge in [-0.2, -0.15) is 23.5 Å². The summed E-state index contributed by atoms with van der Waals surface area (Å²) in [6.45, 7) is 19.4. The fourth-order valence-electron chi connectivity index (χ4n) is 2.80. The highest BCUT2D eigenvalue weighted by Crippen LogP contribution is 2.28. The molecule has 1 fully saturated rings. The third-order valence-corrected chi connectivity index (χ3v) is 6.89. The summed E-state index contributed by atoms with van der Waals surface area (Å²) in [6.07, 6.45) is 4.12. The standard InChI is InChI=1S/C18H38N2S2/c1-6-19(13-15-21-17(2)3)12-9-18(4,5)22-16-14-20-10-7-8-11-20/h17H,6-16H2,1-5H3. The molecular weight excluding hydrogens is 308 g/mol. The van der Waals surface area contributed by atoms with E-state index >= 15 is 0 Å². The van der Waals surface area contributed by atoms with Crippen LogP contribution in [0.5, 0.6) is 0 Å². The van der Waals surface area contributed by atoms with Gasteiger partial charge in [-0.05, 0) is 50.7 Å². The van der Waals surface area contributed by atoms with Crippen molar-refractivity contribution in [3.05, 3.63) is 0 Å². The topological polar surface area (TPSA) is 6.48 Å². The Hall–Kier alpha value is 0.620. The molecule has 0 aromatic rings. The minimum Gasteiger partial charge on any atom is -0.303 e. The van der Waals surface area contributed by atoms with Gasteiger partial charge >= 0.3 is 0 Å². The SMILES string of the molecule is CCN(CCSC(C)C)CCC(C)(C)SCCN1CCCC1. The van der Waals surface area contributed by atoms with Crippen LogP contribution in [0.3, 0.4) is 0 Å². The molecule has 1 rings (SSSR count). The first-order chi connectivity index (χ1) is 10.4. The van der Waals surface area contributed by atoms with Gasteiger partial charge in [0.05, 0.1) is 0 Å². The van der Waals surface area contributed by atoms with Crippen molar-refractivity contribution in [2.75, 3.05) is 50.8 Å². The maximum atomic E-state index is 2.63. The predicted molar refractivity (Wildman–Crippen MR) is 107 cm³/mol. The highest BCUT2D eigenvalue weighted by atomic mass is 32.2. The largest absolute Gasteiger partial charge is 0.303 e. The zero-order valence-corrected chi connectivity index (χ0v) is 17.2. The van der Waals surface area contributed by atoms with Crippen LogP contribution in [0.15, 0.2) is 0 Å². The Labute approximate surface area is 148 Å². The Morgan fingerprint density at radius 2 is 1.77 bits per heavy atom. The van der Waals surface area contributed by atoms with Crippen LogP contribution in [-0.2, 0) is 0 Å². The Kier molecular flexibility index (Phi) is 10.5. The van der Waals surface area contributed by atoms with E-state index in [1.54, 1.807) is 0 Å². The zero-order chi connectivity index (χ0) is 16.4. The third kappa shape index (κ3) is 9.69. The maximum absolute atomic E-state index is 2.63. The molecule has 1 saturated heterocycles. The molecule has 22 heavy (non-hydrogen) atoms. The van der Waals surface area contributed by atoms with Gasteiger partial charge in [0.1, 0.15) is 0 Å². The molecule has 0 saturated carbocycles. The van der Waals surface area contributed by atoms with Gasteiger partial charge in [0.15, 0.2) is 0 Å². The van der Waals surface area contributed by atoms with Crippen LogP contribution in [0.2, 0.25) is 0 Å². The van der Waals surface area contributed by atoms with E-state index < -0.39 is 0 Å². The van der Waals surface area contributed by atoms with Gasteiger partial charge in [0, 0.05) is 29.3 Å². The molecule has 0 aromatic heterocycles. The second kappa shape index (κ2) is 11.2. The number of nitrogens with zero attached hydrogens (tertiary/aromatic N) is 2. The predicted octanol–water partition coefficient (Wildman–Crippen LogP) is 4.45. The summed E-state index contributed by atoms with van der Waals surface area (Å²) in [5.74, 6) is 2.57. The molecule has 0 radical (unpaired) electrons. The van der Waals surface area contributed by atoms with E-state index in [9.17, 15) is 0 Å². The molecule has 132 valence electrons. The number of rotatable bonds is 12. The van der Waals surface area contributed by atoms with E-state index in [1.165, 1.54) is 70.0 Å². The molecule has 0 bridgehead atoms. The average Bonchev–Trinajstić information content (AvgIpc) is 2.95. The van der Waals surface area contributed by atoms with Crippen molar-refractivity contribution in [3.8, 4) is 0 Å². The molecule has 1 aliphatic heterocycles. The summed E-state index contributed by atoms with van der Waals surface area (Å²) in [6, 6.07) is 0. The molecule has 2 nitrogen and oxygen atoms in total. The van der Waals surface area contributed by atoms with Gasteiger partial charge in [-0.3, -0.25) is 0 Å². The molecular formula is C18H38N2S2. The third-order valence-electron chi connectivity index (χ3n) is 4.44. The molecule has 0 N–H and O–H groups in total. The van der Waals surface area contributed by atoms with Crippen molar-refractivity contribution in [1.29, 1.82) is 0 Å². The van der Waals surface area contributed by atoms with Crippen molar-refractivity contribution < 1.29 is 0 Å². The number of hydrogen-bond donors (Lipinski definition) is 0. The van der Waals surface area contributed by atoms with E-state index in [-0.39, 0.29) is 0 Å². The summed E-state index contributed by atoms with van der Waals surface area (Å²) in [7, 11) is 0. The summed E-state index contributed by atoms with van der Waals surface area (Å²) in [4.78, 5) is 5.25. The Balaban J connectivity index is 2.15. The van der Waals surface area contributed by atoms with Gasteiger partial charge in [0.2, 0.25) is 0 Å². The number of hydrogen-bond acceptors (Lipinski definition) is 4. The zero-order valence-electron chi connectivity index (χ0n) is 15.6. The molecule has 0 atom stereocenters. The lowest BCUT2D eigenvalue weighted by Crippen LogP contribution is -2.32. The molecule has 1 aliphatic rings. The smallest absolute Gasteiger partial charge is 0.0116 e. The Morgan fingerprint density at radius 1 is 1.09 bits per heavy atom. The fourth-order valence-corrected chi connectivity index (χ4v) is 4.78. The van der Waals surface area contributed by atoms with Gasteiger partial charge in [0.25, 0.3) is 0 Å². The van der Waals surface area contributed by atoms with Gasteiger partial charge < -0.3 is 9.80 Å². The first kappa shape index (κ1) is 20.7. The second-order valence-electron chi connectivity index (χ2n) is 7.26. The lowest BCUT2D eigenvalue weighted by molar-refractivity contribution is 0.292. The lowest BCUT2D eigenvalue weighted by Gasteiger charge is -2.29. The van der Waals surface area contributed by atoms with Gasteiger partial charge in [-0.25, -0.2) is 0 Å². The van der Waals surface area contributed by atoms with Crippen LogP contribution in [0.4, 0.5) is 0 Å².